The van der Waals surface area contributed by atoms with Gasteiger partial charge in [-0.3, -0.25) is 0 Å². The van der Waals surface area contributed by atoms with Crippen molar-refractivity contribution >= 4 is 0 Å². The quantitative estimate of drug-likeness (QED) is 0.678. The molecular weight excluding hydrogens is 244 g/mol. The number of hydrogen-bond acceptors (Lipinski definition) is 2. The van der Waals surface area contributed by atoms with Crippen LogP contribution in [0.2, 0.25) is 0 Å². The summed E-state index contributed by atoms with van der Waals surface area (Å²) in [6.45, 7) is 12.9. The zero-order valence-corrected chi connectivity index (χ0v) is 14.7. The normalized spacial score (nSPS) is 20.6. The van der Waals surface area contributed by atoms with E-state index in [1.165, 1.54) is 51.5 Å². The van der Waals surface area contributed by atoms with Crippen LogP contribution in [0.3, 0.4) is 0 Å². The van der Waals surface area contributed by atoms with E-state index >= 15 is 0 Å². The highest BCUT2D eigenvalue weighted by Gasteiger charge is 2.28. The van der Waals surface area contributed by atoms with E-state index in [1.54, 1.807) is 0 Å². The number of hydrogen-bond donors (Lipinski definition) is 1. The highest BCUT2D eigenvalue weighted by molar-refractivity contribution is 4.83. The standard InChI is InChI=1S/C18H38N2/c1-6-12-18(4,14-19-13-16(2)3)15-20(5)17-10-8-7-9-11-17/h16-17,19H,6-15H2,1-5H3. The van der Waals surface area contributed by atoms with Gasteiger partial charge >= 0.3 is 0 Å². The molecule has 120 valence electrons. The minimum atomic E-state index is 0.426. The fourth-order valence-electron chi connectivity index (χ4n) is 3.74. The molecular formula is C18H38N2. The van der Waals surface area contributed by atoms with Gasteiger partial charge in [0.2, 0.25) is 0 Å². The van der Waals surface area contributed by atoms with Crippen molar-refractivity contribution in [1.82, 2.24) is 10.2 Å². The summed E-state index contributed by atoms with van der Waals surface area (Å²) in [4.78, 5) is 2.66. The number of nitrogens with zero attached hydrogens (tertiary/aromatic N) is 1. The highest BCUT2D eigenvalue weighted by atomic mass is 15.1. The lowest BCUT2D eigenvalue weighted by atomic mass is 9.83. The molecule has 1 saturated carbocycles. The molecule has 0 aromatic rings. The molecule has 0 heterocycles. The Labute approximate surface area is 127 Å². The minimum absolute atomic E-state index is 0.426. The Hall–Kier alpha value is -0.0800. The average Bonchev–Trinajstić information content (AvgIpc) is 2.39. The monoisotopic (exact) mass is 282 g/mol. The minimum Gasteiger partial charge on any atom is -0.316 e. The lowest BCUT2D eigenvalue weighted by molar-refractivity contribution is 0.113. The molecule has 1 atom stereocenters. The molecule has 2 heteroatoms. The summed E-state index contributed by atoms with van der Waals surface area (Å²) < 4.78 is 0. The lowest BCUT2D eigenvalue weighted by Crippen LogP contribution is -2.45. The van der Waals surface area contributed by atoms with Gasteiger partial charge in [-0.1, -0.05) is 53.4 Å². The molecule has 0 aliphatic heterocycles. The zero-order chi connectivity index (χ0) is 15.0. The van der Waals surface area contributed by atoms with Crippen LogP contribution in [0.25, 0.3) is 0 Å². The third-order valence-electron chi connectivity index (χ3n) is 4.79. The molecule has 0 spiro atoms. The van der Waals surface area contributed by atoms with E-state index in [9.17, 15) is 0 Å². The lowest BCUT2D eigenvalue weighted by Gasteiger charge is -2.39. The smallest absolute Gasteiger partial charge is 0.00924 e. The van der Waals surface area contributed by atoms with Crippen LogP contribution < -0.4 is 5.32 Å². The first kappa shape index (κ1) is 18.0. The second kappa shape index (κ2) is 9.04. The van der Waals surface area contributed by atoms with Crippen molar-refractivity contribution in [3.05, 3.63) is 0 Å². The van der Waals surface area contributed by atoms with Crippen LogP contribution >= 0.6 is 0 Å². The maximum atomic E-state index is 3.69. The second-order valence-corrected chi connectivity index (χ2v) is 7.79. The van der Waals surface area contributed by atoms with E-state index < -0.39 is 0 Å². The second-order valence-electron chi connectivity index (χ2n) is 7.79. The van der Waals surface area contributed by atoms with Crippen molar-refractivity contribution in [1.29, 1.82) is 0 Å². The van der Waals surface area contributed by atoms with Crippen molar-refractivity contribution in [2.75, 3.05) is 26.7 Å². The Morgan fingerprint density at radius 2 is 1.85 bits per heavy atom. The summed E-state index contributed by atoms with van der Waals surface area (Å²) >= 11 is 0. The summed E-state index contributed by atoms with van der Waals surface area (Å²) in [5.74, 6) is 0.747. The Morgan fingerprint density at radius 3 is 2.40 bits per heavy atom. The Kier molecular flexibility index (Phi) is 8.13. The van der Waals surface area contributed by atoms with Crippen molar-refractivity contribution < 1.29 is 0 Å². The van der Waals surface area contributed by atoms with Gasteiger partial charge in [-0.05, 0) is 44.2 Å². The third-order valence-corrected chi connectivity index (χ3v) is 4.79. The van der Waals surface area contributed by atoms with Gasteiger partial charge in [0.1, 0.15) is 0 Å². The van der Waals surface area contributed by atoms with Crippen LogP contribution in [0, 0.1) is 11.3 Å². The van der Waals surface area contributed by atoms with Gasteiger partial charge in [-0.2, -0.15) is 0 Å². The maximum Gasteiger partial charge on any atom is 0.00924 e. The molecule has 0 aromatic heterocycles. The molecule has 2 nitrogen and oxygen atoms in total. The van der Waals surface area contributed by atoms with Crippen LogP contribution in [0.5, 0.6) is 0 Å². The van der Waals surface area contributed by atoms with Crippen molar-refractivity contribution in [3.63, 3.8) is 0 Å². The Morgan fingerprint density at radius 1 is 1.20 bits per heavy atom. The summed E-state index contributed by atoms with van der Waals surface area (Å²) in [5, 5.41) is 3.69. The zero-order valence-electron chi connectivity index (χ0n) is 14.7. The first-order chi connectivity index (χ1) is 9.47. The van der Waals surface area contributed by atoms with Gasteiger partial charge in [0, 0.05) is 19.1 Å². The van der Waals surface area contributed by atoms with Crippen LogP contribution in [-0.4, -0.2) is 37.6 Å². The first-order valence-electron chi connectivity index (χ1n) is 8.88. The Balaban J connectivity index is 2.45. The summed E-state index contributed by atoms with van der Waals surface area (Å²) in [6, 6.07) is 0.838. The molecule has 1 aliphatic carbocycles. The topological polar surface area (TPSA) is 15.3 Å². The van der Waals surface area contributed by atoms with Crippen LogP contribution in [0.4, 0.5) is 0 Å². The van der Waals surface area contributed by atoms with Gasteiger partial charge in [0.25, 0.3) is 0 Å². The van der Waals surface area contributed by atoms with Gasteiger partial charge in [-0.15, -0.1) is 0 Å². The molecule has 0 radical (unpaired) electrons. The fraction of sp³-hybridized carbons (Fsp3) is 1.00. The van der Waals surface area contributed by atoms with E-state index in [4.69, 9.17) is 0 Å². The molecule has 0 aromatic carbocycles. The molecule has 1 N–H and O–H groups in total. The number of rotatable bonds is 9. The molecule has 0 saturated heterocycles. The van der Waals surface area contributed by atoms with Crippen LogP contribution in [0.1, 0.15) is 72.6 Å². The van der Waals surface area contributed by atoms with Crippen LogP contribution in [0.15, 0.2) is 0 Å². The summed E-state index contributed by atoms with van der Waals surface area (Å²) in [5.41, 5.74) is 0.426. The predicted octanol–water partition coefficient (Wildman–Crippen LogP) is 4.30. The molecule has 1 aliphatic rings. The van der Waals surface area contributed by atoms with Gasteiger partial charge < -0.3 is 10.2 Å². The Bertz CT molecular complexity index is 246. The van der Waals surface area contributed by atoms with Crippen molar-refractivity contribution in [2.24, 2.45) is 11.3 Å². The molecule has 0 bridgehead atoms. The van der Waals surface area contributed by atoms with Crippen molar-refractivity contribution in [3.8, 4) is 0 Å². The molecule has 20 heavy (non-hydrogen) atoms. The van der Waals surface area contributed by atoms with Gasteiger partial charge in [0.05, 0.1) is 0 Å². The summed E-state index contributed by atoms with van der Waals surface area (Å²) in [6.07, 6.45) is 9.77. The highest BCUT2D eigenvalue weighted by Crippen LogP contribution is 2.28. The maximum absolute atomic E-state index is 3.69. The van der Waals surface area contributed by atoms with E-state index in [0.29, 0.717) is 5.41 Å². The molecule has 1 unspecified atom stereocenters. The van der Waals surface area contributed by atoms with E-state index in [-0.39, 0.29) is 0 Å². The molecule has 0 amide bonds. The molecule has 1 rings (SSSR count). The fourth-order valence-corrected chi connectivity index (χ4v) is 3.74. The predicted molar refractivity (Wildman–Crippen MR) is 90.2 cm³/mol. The van der Waals surface area contributed by atoms with Crippen LogP contribution in [-0.2, 0) is 0 Å². The van der Waals surface area contributed by atoms with Gasteiger partial charge in [-0.25, -0.2) is 0 Å². The van der Waals surface area contributed by atoms with E-state index in [0.717, 1.165) is 25.0 Å². The van der Waals surface area contributed by atoms with E-state index in [2.05, 4.69) is 45.0 Å². The van der Waals surface area contributed by atoms with Crippen molar-refractivity contribution in [2.45, 2.75) is 78.7 Å². The largest absolute Gasteiger partial charge is 0.316 e. The summed E-state index contributed by atoms with van der Waals surface area (Å²) in [7, 11) is 2.35. The SMILES string of the molecule is CCCC(C)(CNCC(C)C)CN(C)C1CCCCC1. The number of nitrogens with one attached hydrogen (secondary N) is 1. The first-order valence-corrected chi connectivity index (χ1v) is 8.88. The average molecular weight is 283 g/mol. The van der Waals surface area contributed by atoms with E-state index in [1.807, 2.05) is 0 Å². The third kappa shape index (κ3) is 6.58. The van der Waals surface area contributed by atoms with Gasteiger partial charge in [0.15, 0.2) is 0 Å². The molecule has 1 fully saturated rings.